The highest BCUT2D eigenvalue weighted by Gasteiger charge is 2.56. The summed E-state index contributed by atoms with van der Waals surface area (Å²) in [6, 6.07) is 10.9. The number of thiophene rings is 1. The minimum absolute atomic E-state index is 0.0879. The zero-order valence-corrected chi connectivity index (χ0v) is 14.6. The normalized spacial score (nSPS) is 28.6. The Labute approximate surface area is 141 Å². The van der Waals surface area contributed by atoms with Crippen LogP contribution in [0, 0.1) is 11.8 Å². The van der Waals surface area contributed by atoms with E-state index < -0.39 is 0 Å². The fourth-order valence-electron chi connectivity index (χ4n) is 3.71. The molecule has 104 valence electrons. The summed E-state index contributed by atoms with van der Waals surface area (Å²) in [4.78, 5) is 1.19. The smallest absolute Gasteiger partial charge is 0.107 e. The molecule has 20 heavy (non-hydrogen) atoms. The van der Waals surface area contributed by atoms with Gasteiger partial charge in [-0.25, -0.2) is 0 Å². The molecule has 4 rings (SSSR count). The van der Waals surface area contributed by atoms with Gasteiger partial charge in [0.25, 0.3) is 0 Å². The van der Waals surface area contributed by atoms with E-state index in [0.29, 0.717) is 11.8 Å². The molecule has 0 nitrogen and oxygen atoms in total. The van der Waals surface area contributed by atoms with Gasteiger partial charge in [0.15, 0.2) is 0 Å². The number of fused-ring (bicyclic) bond motifs is 3. The van der Waals surface area contributed by atoms with E-state index in [4.69, 9.17) is 23.2 Å². The quantitative estimate of drug-likeness (QED) is 0.521. The maximum atomic E-state index is 6.76. The lowest BCUT2D eigenvalue weighted by Gasteiger charge is -2.13. The Morgan fingerprint density at radius 1 is 1.30 bits per heavy atom. The predicted molar refractivity (Wildman–Crippen MR) is 90.1 cm³/mol. The van der Waals surface area contributed by atoms with Gasteiger partial charge in [0.05, 0.1) is 5.38 Å². The van der Waals surface area contributed by atoms with E-state index in [1.54, 1.807) is 11.3 Å². The first kappa shape index (κ1) is 13.6. The zero-order valence-electron chi connectivity index (χ0n) is 10.7. The number of rotatable bonds is 2. The molecule has 1 aromatic carbocycles. The molecule has 0 radical (unpaired) electrons. The topological polar surface area (TPSA) is 0 Å². The number of hydrogen-bond donors (Lipinski definition) is 0. The number of halogens is 3. The van der Waals surface area contributed by atoms with Crippen LogP contribution in [-0.2, 0) is 6.42 Å². The van der Waals surface area contributed by atoms with Crippen LogP contribution in [0.4, 0.5) is 0 Å². The second-order valence-corrected chi connectivity index (χ2v) is 8.69. The molecular formula is C16H13BrCl2S. The fraction of sp³-hybridized carbons (Fsp3) is 0.375. The summed E-state index contributed by atoms with van der Waals surface area (Å²) in [5.74, 6) is 1.98. The third kappa shape index (κ3) is 2.08. The van der Waals surface area contributed by atoms with Gasteiger partial charge in [-0.15, -0.1) is 22.9 Å². The van der Waals surface area contributed by atoms with Gasteiger partial charge >= 0.3 is 0 Å². The fourth-order valence-corrected chi connectivity index (χ4v) is 6.02. The van der Waals surface area contributed by atoms with Gasteiger partial charge in [-0.05, 0) is 63.7 Å². The van der Waals surface area contributed by atoms with Gasteiger partial charge in [-0.3, -0.25) is 0 Å². The highest BCUT2D eigenvalue weighted by atomic mass is 79.9. The van der Waals surface area contributed by atoms with Crippen molar-refractivity contribution in [2.75, 3.05) is 0 Å². The van der Waals surface area contributed by atoms with Gasteiger partial charge in [0.1, 0.15) is 4.34 Å². The summed E-state index contributed by atoms with van der Waals surface area (Å²) >= 11 is 18.0. The van der Waals surface area contributed by atoms with Crippen molar-refractivity contribution in [3.8, 4) is 0 Å². The minimum Gasteiger partial charge on any atom is -0.126 e. The lowest BCUT2D eigenvalue weighted by Crippen LogP contribution is -2.00. The first-order valence-corrected chi connectivity index (χ1v) is 9.26. The Balaban J connectivity index is 1.63. The molecule has 1 fully saturated rings. The van der Waals surface area contributed by atoms with Crippen molar-refractivity contribution in [2.24, 2.45) is 11.8 Å². The number of alkyl halides is 1. The second kappa shape index (κ2) is 5.01. The van der Waals surface area contributed by atoms with Crippen molar-refractivity contribution in [1.29, 1.82) is 0 Å². The Kier molecular flexibility index (Phi) is 3.42. The van der Waals surface area contributed by atoms with E-state index in [1.165, 1.54) is 28.8 Å². The highest BCUT2D eigenvalue weighted by Crippen LogP contribution is 2.66. The maximum Gasteiger partial charge on any atom is 0.107 e. The molecule has 4 unspecified atom stereocenters. The van der Waals surface area contributed by atoms with Gasteiger partial charge in [0, 0.05) is 9.35 Å². The van der Waals surface area contributed by atoms with E-state index >= 15 is 0 Å². The van der Waals surface area contributed by atoms with E-state index in [0.717, 1.165) is 14.7 Å². The second-order valence-electron chi connectivity index (χ2n) is 5.68. The van der Waals surface area contributed by atoms with E-state index in [9.17, 15) is 0 Å². The Bertz CT molecular complexity index is 647. The number of benzene rings is 1. The third-order valence-electron chi connectivity index (χ3n) is 4.66. The van der Waals surface area contributed by atoms with Gasteiger partial charge < -0.3 is 0 Å². The minimum atomic E-state index is 0.0879. The van der Waals surface area contributed by atoms with Crippen molar-refractivity contribution >= 4 is 50.5 Å². The first-order valence-electron chi connectivity index (χ1n) is 6.83. The van der Waals surface area contributed by atoms with Crippen LogP contribution in [0.5, 0.6) is 0 Å². The van der Waals surface area contributed by atoms with Gasteiger partial charge in [-0.1, -0.05) is 35.9 Å². The zero-order chi connectivity index (χ0) is 13.9. The largest absolute Gasteiger partial charge is 0.126 e. The van der Waals surface area contributed by atoms with Crippen LogP contribution in [0.3, 0.4) is 0 Å². The van der Waals surface area contributed by atoms with Crippen LogP contribution in [0.25, 0.3) is 0 Å². The van der Waals surface area contributed by atoms with Crippen molar-refractivity contribution in [3.05, 3.63) is 55.1 Å². The standard InChI is InChI=1S/C16H13BrCl2S/c17-11-7-12(20-16(11)19)15(18)14-10-6-5-8-3-1-2-4-9(8)13(10)14/h1-4,7,10,13-15H,5-6H2. The van der Waals surface area contributed by atoms with E-state index in [-0.39, 0.29) is 5.38 Å². The van der Waals surface area contributed by atoms with Crippen molar-refractivity contribution in [3.63, 3.8) is 0 Å². The molecule has 4 heteroatoms. The highest BCUT2D eigenvalue weighted by molar-refractivity contribution is 9.10. The molecule has 1 heterocycles. The molecule has 4 atom stereocenters. The number of aryl methyl sites for hydroxylation is 1. The predicted octanol–water partition coefficient (Wildman–Crippen LogP) is 6.42. The Hall–Kier alpha value is -0.0200. The molecule has 2 aliphatic carbocycles. The average molecular weight is 388 g/mol. The molecule has 0 spiro atoms. The Morgan fingerprint density at radius 3 is 2.85 bits per heavy atom. The van der Waals surface area contributed by atoms with E-state index in [1.807, 2.05) is 0 Å². The summed E-state index contributed by atoms with van der Waals surface area (Å²) in [5, 5.41) is 0.0879. The summed E-state index contributed by atoms with van der Waals surface area (Å²) in [5.41, 5.74) is 3.05. The van der Waals surface area contributed by atoms with Crippen LogP contribution in [-0.4, -0.2) is 0 Å². The average Bonchev–Trinajstić information content (AvgIpc) is 3.11. The maximum absolute atomic E-state index is 6.76. The molecule has 0 N–H and O–H groups in total. The lowest BCUT2D eigenvalue weighted by molar-refractivity contribution is 0.624. The molecule has 1 saturated carbocycles. The first-order chi connectivity index (χ1) is 9.66. The summed E-state index contributed by atoms with van der Waals surface area (Å²) in [6.45, 7) is 0. The molecule has 0 saturated heterocycles. The van der Waals surface area contributed by atoms with Crippen molar-refractivity contribution < 1.29 is 0 Å². The van der Waals surface area contributed by atoms with Crippen LogP contribution in [0.15, 0.2) is 34.8 Å². The van der Waals surface area contributed by atoms with Crippen LogP contribution in [0.1, 0.15) is 33.7 Å². The van der Waals surface area contributed by atoms with E-state index in [2.05, 4.69) is 46.3 Å². The molecule has 2 aliphatic rings. The summed E-state index contributed by atoms with van der Waals surface area (Å²) in [6.07, 6.45) is 2.47. The summed E-state index contributed by atoms with van der Waals surface area (Å²) < 4.78 is 1.77. The summed E-state index contributed by atoms with van der Waals surface area (Å²) in [7, 11) is 0. The molecule has 0 bridgehead atoms. The Morgan fingerprint density at radius 2 is 2.10 bits per heavy atom. The van der Waals surface area contributed by atoms with Crippen molar-refractivity contribution in [1.82, 2.24) is 0 Å². The lowest BCUT2D eigenvalue weighted by atomic mass is 9.92. The molecule has 0 amide bonds. The monoisotopic (exact) mass is 386 g/mol. The van der Waals surface area contributed by atoms with Crippen LogP contribution in [0.2, 0.25) is 4.34 Å². The molecular weight excluding hydrogens is 375 g/mol. The molecule has 0 aliphatic heterocycles. The van der Waals surface area contributed by atoms with Crippen LogP contribution < -0.4 is 0 Å². The van der Waals surface area contributed by atoms with Gasteiger partial charge in [-0.2, -0.15) is 0 Å². The SMILES string of the molecule is Clc1sc(C(Cl)C2C3CCc4ccccc4C32)cc1Br. The van der Waals surface area contributed by atoms with Gasteiger partial charge in [0.2, 0.25) is 0 Å². The molecule has 1 aromatic heterocycles. The number of hydrogen-bond acceptors (Lipinski definition) is 1. The molecule has 2 aromatic rings. The third-order valence-corrected chi connectivity index (χ3v) is 7.88. The van der Waals surface area contributed by atoms with Crippen molar-refractivity contribution in [2.45, 2.75) is 24.1 Å². The van der Waals surface area contributed by atoms with Crippen LogP contribution >= 0.6 is 50.5 Å².